The number of amides is 2. The Hall–Kier alpha value is -3.05. The largest absolute Gasteiger partial charge is 0.483 e. The van der Waals surface area contributed by atoms with E-state index in [0.29, 0.717) is 22.0 Å². The van der Waals surface area contributed by atoms with Crippen molar-refractivity contribution in [1.29, 1.82) is 0 Å². The Morgan fingerprint density at radius 1 is 0.960 bits per heavy atom. The summed E-state index contributed by atoms with van der Waals surface area (Å²) in [6.45, 7) is -0.150. The summed E-state index contributed by atoms with van der Waals surface area (Å²) in [5, 5.41) is 5.03. The molecule has 0 unspecified atom stereocenters. The molecule has 3 rings (SSSR count). The summed E-state index contributed by atoms with van der Waals surface area (Å²) in [6.07, 6.45) is 0. The summed E-state index contributed by atoms with van der Waals surface area (Å²) < 4.78 is 5.63. The average molecular weight is 355 g/mol. The van der Waals surface area contributed by atoms with Crippen molar-refractivity contribution in [2.24, 2.45) is 5.73 Å². The van der Waals surface area contributed by atoms with Gasteiger partial charge in [-0.3, -0.25) is 9.59 Å². The van der Waals surface area contributed by atoms with Crippen molar-refractivity contribution in [2.45, 2.75) is 0 Å². The predicted molar refractivity (Wildman–Crippen MR) is 98.0 cm³/mol. The van der Waals surface area contributed by atoms with Gasteiger partial charge in [-0.05, 0) is 36.4 Å². The van der Waals surface area contributed by atoms with Gasteiger partial charge < -0.3 is 15.8 Å². The molecule has 0 spiro atoms. The Bertz CT molecular complexity index is 939. The number of hydrogen-bond donors (Lipinski definition) is 2. The quantitative estimate of drug-likeness (QED) is 0.734. The number of hydrogen-bond acceptors (Lipinski definition) is 3. The average Bonchev–Trinajstić information content (AvgIpc) is 2.62. The minimum Gasteiger partial charge on any atom is -0.483 e. The van der Waals surface area contributed by atoms with Gasteiger partial charge in [0.05, 0.1) is 0 Å². The number of nitrogens with two attached hydrogens (primary N) is 1. The normalized spacial score (nSPS) is 10.4. The van der Waals surface area contributed by atoms with Crippen LogP contribution in [0.5, 0.6) is 5.75 Å². The van der Waals surface area contributed by atoms with Crippen LogP contribution in [0.15, 0.2) is 60.7 Å². The van der Waals surface area contributed by atoms with Gasteiger partial charge in [-0.1, -0.05) is 35.9 Å². The van der Waals surface area contributed by atoms with Crippen molar-refractivity contribution >= 4 is 39.9 Å². The fourth-order valence-corrected chi connectivity index (χ4v) is 2.65. The Balaban J connectivity index is 1.66. The molecule has 2 amide bonds. The van der Waals surface area contributed by atoms with E-state index in [-0.39, 0.29) is 12.5 Å². The second-order valence-electron chi connectivity index (χ2n) is 5.37. The minimum absolute atomic E-state index is 0.150. The lowest BCUT2D eigenvalue weighted by molar-refractivity contribution is -0.118. The Labute approximate surface area is 149 Å². The summed E-state index contributed by atoms with van der Waals surface area (Å²) in [7, 11) is 0. The Kier molecular flexibility index (Phi) is 4.86. The van der Waals surface area contributed by atoms with Gasteiger partial charge in [0.15, 0.2) is 6.61 Å². The molecule has 0 aromatic heterocycles. The van der Waals surface area contributed by atoms with E-state index in [1.165, 1.54) is 0 Å². The Morgan fingerprint density at radius 3 is 2.32 bits per heavy atom. The van der Waals surface area contributed by atoms with Gasteiger partial charge in [0, 0.05) is 27.0 Å². The molecule has 5 nitrogen and oxygen atoms in total. The first-order valence-corrected chi connectivity index (χ1v) is 7.92. The van der Waals surface area contributed by atoms with Crippen LogP contribution in [-0.2, 0) is 4.79 Å². The molecule has 0 bridgehead atoms. The van der Waals surface area contributed by atoms with E-state index in [2.05, 4.69) is 5.32 Å². The van der Waals surface area contributed by atoms with E-state index in [9.17, 15) is 9.59 Å². The molecule has 0 aliphatic heterocycles. The molecule has 0 aliphatic carbocycles. The van der Waals surface area contributed by atoms with Crippen LogP contribution in [-0.4, -0.2) is 18.4 Å². The number of benzene rings is 3. The van der Waals surface area contributed by atoms with Gasteiger partial charge >= 0.3 is 0 Å². The summed E-state index contributed by atoms with van der Waals surface area (Å²) in [5.41, 5.74) is 6.11. The first-order valence-electron chi connectivity index (χ1n) is 7.54. The lowest BCUT2D eigenvalue weighted by Crippen LogP contribution is -2.20. The van der Waals surface area contributed by atoms with E-state index < -0.39 is 5.91 Å². The van der Waals surface area contributed by atoms with Gasteiger partial charge in [0.1, 0.15) is 5.75 Å². The standard InChI is InChI=1S/C19H15ClN2O3/c20-16-9-10-17(15-4-2-1-3-14(15)16)25-11-18(23)22-13-7-5-12(6-8-13)19(21)24/h1-10H,11H2,(H2,21,24)(H,22,23). The van der Waals surface area contributed by atoms with E-state index in [1.807, 2.05) is 24.3 Å². The van der Waals surface area contributed by atoms with Crippen LogP contribution in [0.4, 0.5) is 5.69 Å². The van der Waals surface area contributed by atoms with Crippen molar-refractivity contribution in [3.05, 3.63) is 71.2 Å². The molecule has 0 atom stereocenters. The monoisotopic (exact) mass is 354 g/mol. The maximum atomic E-state index is 12.1. The van der Waals surface area contributed by atoms with Gasteiger partial charge in [0.25, 0.3) is 5.91 Å². The minimum atomic E-state index is -0.518. The lowest BCUT2D eigenvalue weighted by Gasteiger charge is -2.11. The van der Waals surface area contributed by atoms with Crippen molar-refractivity contribution in [2.75, 3.05) is 11.9 Å². The highest BCUT2D eigenvalue weighted by atomic mass is 35.5. The van der Waals surface area contributed by atoms with Crippen LogP contribution < -0.4 is 15.8 Å². The number of primary amides is 1. The highest BCUT2D eigenvalue weighted by molar-refractivity contribution is 6.35. The van der Waals surface area contributed by atoms with Crippen molar-refractivity contribution < 1.29 is 14.3 Å². The van der Waals surface area contributed by atoms with E-state index in [1.54, 1.807) is 36.4 Å². The molecule has 0 saturated carbocycles. The second kappa shape index (κ2) is 7.23. The van der Waals surface area contributed by atoms with Crippen molar-refractivity contribution in [1.82, 2.24) is 0 Å². The van der Waals surface area contributed by atoms with E-state index in [0.717, 1.165) is 10.8 Å². The van der Waals surface area contributed by atoms with Gasteiger partial charge in [-0.15, -0.1) is 0 Å². The first kappa shape index (κ1) is 16.8. The highest BCUT2D eigenvalue weighted by Gasteiger charge is 2.09. The molecule has 3 aromatic rings. The van der Waals surface area contributed by atoms with Crippen LogP contribution in [0.25, 0.3) is 10.8 Å². The van der Waals surface area contributed by atoms with Crippen LogP contribution in [0, 0.1) is 0 Å². The van der Waals surface area contributed by atoms with E-state index >= 15 is 0 Å². The summed E-state index contributed by atoms with van der Waals surface area (Å²) in [6, 6.07) is 17.3. The third-order valence-corrected chi connectivity index (χ3v) is 3.97. The number of rotatable bonds is 5. The van der Waals surface area contributed by atoms with E-state index in [4.69, 9.17) is 22.1 Å². The molecule has 25 heavy (non-hydrogen) atoms. The fraction of sp³-hybridized carbons (Fsp3) is 0.0526. The molecule has 3 aromatic carbocycles. The maximum Gasteiger partial charge on any atom is 0.262 e. The number of fused-ring (bicyclic) bond motifs is 1. The third-order valence-electron chi connectivity index (χ3n) is 3.64. The topological polar surface area (TPSA) is 81.4 Å². The number of halogens is 1. The first-order chi connectivity index (χ1) is 12.0. The molecule has 0 fully saturated rings. The zero-order valence-corrected chi connectivity index (χ0v) is 13.9. The number of ether oxygens (including phenoxy) is 1. The van der Waals surface area contributed by atoms with Crippen LogP contribution >= 0.6 is 11.6 Å². The zero-order valence-electron chi connectivity index (χ0n) is 13.2. The van der Waals surface area contributed by atoms with Crippen LogP contribution in [0.2, 0.25) is 5.02 Å². The number of nitrogens with one attached hydrogen (secondary N) is 1. The molecule has 0 aliphatic rings. The number of carbonyl (C=O) groups is 2. The van der Waals surface area contributed by atoms with Gasteiger partial charge in [0.2, 0.25) is 5.91 Å². The van der Waals surface area contributed by atoms with Gasteiger partial charge in [-0.25, -0.2) is 0 Å². The zero-order chi connectivity index (χ0) is 17.8. The fourth-order valence-electron chi connectivity index (χ4n) is 2.42. The summed E-state index contributed by atoms with van der Waals surface area (Å²) >= 11 is 6.17. The summed E-state index contributed by atoms with van der Waals surface area (Å²) in [5.74, 6) is -0.249. The molecular weight excluding hydrogens is 340 g/mol. The molecular formula is C19H15ClN2O3. The predicted octanol–water partition coefficient (Wildman–Crippen LogP) is 3.61. The number of carbonyl (C=O) groups excluding carboxylic acids is 2. The molecule has 3 N–H and O–H groups in total. The Morgan fingerprint density at radius 2 is 1.64 bits per heavy atom. The number of anilines is 1. The van der Waals surface area contributed by atoms with Crippen molar-refractivity contribution in [3.8, 4) is 5.75 Å². The van der Waals surface area contributed by atoms with Gasteiger partial charge in [-0.2, -0.15) is 0 Å². The SMILES string of the molecule is NC(=O)c1ccc(NC(=O)COc2ccc(Cl)c3ccccc23)cc1. The lowest BCUT2D eigenvalue weighted by atomic mass is 10.1. The molecule has 0 radical (unpaired) electrons. The van der Waals surface area contributed by atoms with Crippen LogP contribution in [0.1, 0.15) is 10.4 Å². The summed E-state index contributed by atoms with van der Waals surface area (Å²) in [4.78, 5) is 23.1. The third kappa shape index (κ3) is 3.89. The second-order valence-corrected chi connectivity index (χ2v) is 5.78. The van der Waals surface area contributed by atoms with Crippen molar-refractivity contribution in [3.63, 3.8) is 0 Å². The molecule has 126 valence electrons. The smallest absolute Gasteiger partial charge is 0.262 e. The molecule has 0 saturated heterocycles. The molecule has 6 heteroatoms. The highest BCUT2D eigenvalue weighted by Crippen LogP contribution is 2.31. The maximum absolute atomic E-state index is 12.1. The van der Waals surface area contributed by atoms with Crippen LogP contribution in [0.3, 0.4) is 0 Å². The molecule has 0 heterocycles.